The van der Waals surface area contributed by atoms with Crippen LogP contribution in [0.5, 0.6) is 17.2 Å². The second-order valence-electron chi connectivity index (χ2n) is 6.12. The standard InChI is InChI=1S/C21H21N5O3S/c1-6-23-11-24-10-14-18-12(2)17(9-22)30-21(18)26-20(25-14)13-7-15(27-3)19(29-5)16(8-13)28-4/h6-8,11H,10H2,1-5H3/b23-6-,24-11-. The fourth-order valence-electron chi connectivity index (χ4n) is 3.02. The van der Waals surface area contributed by atoms with E-state index in [0.29, 0.717) is 40.1 Å². The lowest BCUT2D eigenvalue weighted by molar-refractivity contribution is 0.324. The molecule has 9 heteroatoms. The third kappa shape index (κ3) is 3.95. The molecule has 1 aromatic carbocycles. The molecule has 0 aliphatic carbocycles. The Labute approximate surface area is 178 Å². The van der Waals surface area contributed by atoms with E-state index in [9.17, 15) is 5.26 Å². The molecule has 0 saturated heterocycles. The summed E-state index contributed by atoms with van der Waals surface area (Å²) in [5.41, 5.74) is 2.28. The smallest absolute Gasteiger partial charge is 0.203 e. The van der Waals surface area contributed by atoms with E-state index in [-0.39, 0.29) is 0 Å². The predicted octanol–water partition coefficient (Wildman–Crippen LogP) is 4.18. The van der Waals surface area contributed by atoms with Crippen molar-refractivity contribution in [3.05, 3.63) is 28.3 Å². The molecule has 154 valence electrons. The third-order valence-electron chi connectivity index (χ3n) is 4.43. The summed E-state index contributed by atoms with van der Waals surface area (Å²) in [7, 11) is 4.66. The zero-order chi connectivity index (χ0) is 21.7. The quantitative estimate of drug-likeness (QED) is 0.417. The molecule has 0 unspecified atom stereocenters. The summed E-state index contributed by atoms with van der Waals surface area (Å²) in [6.07, 6.45) is 3.14. The molecule has 0 aliphatic heterocycles. The maximum Gasteiger partial charge on any atom is 0.203 e. The first-order valence-electron chi connectivity index (χ1n) is 9.04. The maximum atomic E-state index is 9.45. The Balaban J connectivity index is 2.23. The highest BCUT2D eigenvalue weighted by Crippen LogP contribution is 2.41. The van der Waals surface area contributed by atoms with Gasteiger partial charge in [0.25, 0.3) is 0 Å². The Hall–Kier alpha value is -3.51. The van der Waals surface area contributed by atoms with Crippen LogP contribution in [0.4, 0.5) is 0 Å². The first-order chi connectivity index (χ1) is 14.6. The van der Waals surface area contributed by atoms with Crippen molar-refractivity contribution in [2.45, 2.75) is 20.4 Å². The summed E-state index contributed by atoms with van der Waals surface area (Å²) >= 11 is 1.34. The number of methoxy groups -OCH3 is 3. The molecule has 2 heterocycles. The van der Waals surface area contributed by atoms with E-state index in [1.807, 2.05) is 13.8 Å². The summed E-state index contributed by atoms with van der Waals surface area (Å²) in [6.45, 7) is 4.03. The molecule has 0 saturated carbocycles. The van der Waals surface area contributed by atoms with Crippen molar-refractivity contribution in [1.29, 1.82) is 5.26 Å². The predicted molar refractivity (Wildman–Crippen MR) is 118 cm³/mol. The van der Waals surface area contributed by atoms with Crippen molar-refractivity contribution in [2.24, 2.45) is 9.98 Å². The van der Waals surface area contributed by atoms with Crippen molar-refractivity contribution >= 4 is 34.1 Å². The first-order valence-corrected chi connectivity index (χ1v) is 9.86. The van der Waals surface area contributed by atoms with Gasteiger partial charge in [-0.1, -0.05) is 0 Å². The van der Waals surface area contributed by atoms with E-state index in [4.69, 9.17) is 24.2 Å². The average molecular weight is 423 g/mol. The van der Waals surface area contributed by atoms with Gasteiger partial charge in [0.1, 0.15) is 22.1 Å². The maximum absolute atomic E-state index is 9.45. The molecule has 30 heavy (non-hydrogen) atoms. The molecule has 0 spiro atoms. The number of thiophene rings is 1. The van der Waals surface area contributed by atoms with Crippen molar-refractivity contribution in [1.82, 2.24) is 9.97 Å². The molecular weight excluding hydrogens is 402 g/mol. The monoisotopic (exact) mass is 423 g/mol. The number of aromatic nitrogens is 2. The minimum atomic E-state index is 0.316. The second kappa shape index (κ2) is 9.33. The van der Waals surface area contributed by atoms with Crippen LogP contribution in [-0.4, -0.2) is 43.9 Å². The zero-order valence-corrected chi connectivity index (χ0v) is 18.2. The van der Waals surface area contributed by atoms with Gasteiger partial charge >= 0.3 is 0 Å². The Kier molecular flexibility index (Phi) is 6.59. The fraction of sp³-hybridized carbons (Fsp3) is 0.286. The first kappa shape index (κ1) is 21.2. The van der Waals surface area contributed by atoms with Crippen LogP contribution in [0.2, 0.25) is 0 Å². The molecule has 0 amide bonds. The summed E-state index contributed by atoms with van der Waals surface area (Å²) < 4.78 is 16.3. The fourth-order valence-corrected chi connectivity index (χ4v) is 4.02. The molecule has 0 radical (unpaired) electrons. The van der Waals surface area contributed by atoms with E-state index >= 15 is 0 Å². The molecule has 0 fully saturated rings. The van der Waals surface area contributed by atoms with E-state index in [2.05, 4.69) is 16.1 Å². The lowest BCUT2D eigenvalue weighted by Crippen LogP contribution is -1.99. The summed E-state index contributed by atoms with van der Waals surface area (Å²) in [5.74, 6) is 1.99. The molecule has 8 nitrogen and oxygen atoms in total. The summed E-state index contributed by atoms with van der Waals surface area (Å²) in [5, 5.41) is 10.3. The highest BCUT2D eigenvalue weighted by Gasteiger charge is 2.19. The van der Waals surface area contributed by atoms with Gasteiger partial charge in [-0.3, -0.25) is 4.99 Å². The number of benzene rings is 1. The van der Waals surface area contributed by atoms with Crippen LogP contribution in [-0.2, 0) is 6.54 Å². The van der Waals surface area contributed by atoms with E-state index in [1.165, 1.54) is 17.7 Å². The van der Waals surface area contributed by atoms with Crippen LogP contribution < -0.4 is 14.2 Å². The Morgan fingerprint density at radius 3 is 2.40 bits per heavy atom. The Morgan fingerprint density at radius 1 is 1.13 bits per heavy atom. The van der Waals surface area contributed by atoms with Crippen molar-refractivity contribution in [3.8, 4) is 34.7 Å². The summed E-state index contributed by atoms with van der Waals surface area (Å²) in [6, 6.07) is 5.82. The number of aliphatic imine (C=N–C) groups is 2. The van der Waals surface area contributed by atoms with Crippen molar-refractivity contribution < 1.29 is 14.2 Å². The molecule has 0 bridgehead atoms. The number of fused-ring (bicyclic) bond motifs is 1. The van der Waals surface area contributed by atoms with Gasteiger partial charge in [-0.25, -0.2) is 15.0 Å². The van der Waals surface area contributed by atoms with Gasteiger partial charge in [0, 0.05) is 17.2 Å². The molecule has 2 aromatic heterocycles. The third-order valence-corrected chi connectivity index (χ3v) is 5.52. The number of nitriles is 1. The normalized spacial score (nSPS) is 11.3. The van der Waals surface area contributed by atoms with Crippen LogP contribution in [0, 0.1) is 18.3 Å². The molecule has 3 aromatic rings. The molecule has 0 aliphatic rings. The topological polar surface area (TPSA) is 102 Å². The zero-order valence-electron chi connectivity index (χ0n) is 17.4. The number of hydrogen-bond acceptors (Lipinski definition) is 8. The van der Waals surface area contributed by atoms with Gasteiger partial charge < -0.3 is 14.2 Å². The number of hydrogen-bond donors (Lipinski definition) is 0. The van der Waals surface area contributed by atoms with E-state index < -0.39 is 0 Å². The molecule has 0 atom stereocenters. The molecule has 3 rings (SSSR count). The number of rotatable bonds is 7. The Morgan fingerprint density at radius 2 is 1.83 bits per heavy atom. The van der Waals surface area contributed by atoms with Crippen LogP contribution in [0.3, 0.4) is 0 Å². The van der Waals surface area contributed by atoms with Crippen LogP contribution >= 0.6 is 11.3 Å². The lowest BCUT2D eigenvalue weighted by Gasteiger charge is -2.14. The Bertz CT molecular complexity index is 1150. The van der Waals surface area contributed by atoms with Crippen molar-refractivity contribution in [3.63, 3.8) is 0 Å². The van der Waals surface area contributed by atoms with Gasteiger partial charge in [-0.2, -0.15) is 5.26 Å². The van der Waals surface area contributed by atoms with Gasteiger partial charge in [-0.15, -0.1) is 11.3 Å². The lowest BCUT2D eigenvalue weighted by atomic mass is 10.1. The van der Waals surface area contributed by atoms with Crippen LogP contribution in [0.25, 0.3) is 21.6 Å². The van der Waals surface area contributed by atoms with Gasteiger partial charge in [-0.05, 0) is 31.5 Å². The number of nitrogens with zero attached hydrogens (tertiary/aromatic N) is 5. The minimum absolute atomic E-state index is 0.316. The van der Waals surface area contributed by atoms with E-state index in [1.54, 1.807) is 39.7 Å². The second-order valence-corrected chi connectivity index (χ2v) is 7.12. The largest absolute Gasteiger partial charge is 0.493 e. The van der Waals surface area contributed by atoms with Crippen molar-refractivity contribution in [2.75, 3.05) is 21.3 Å². The van der Waals surface area contributed by atoms with Crippen LogP contribution in [0.1, 0.15) is 23.1 Å². The average Bonchev–Trinajstić information content (AvgIpc) is 3.11. The molecule has 0 N–H and O–H groups in total. The minimum Gasteiger partial charge on any atom is -0.493 e. The number of aryl methyl sites for hydroxylation is 1. The highest BCUT2D eigenvalue weighted by atomic mass is 32.1. The van der Waals surface area contributed by atoms with E-state index in [0.717, 1.165) is 21.5 Å². The highest BCUT2D eigenvalue weighted by molar-refractivity contribution is 7.19. The van der Waals surface area contributed by atoms with Gasteiger partial charge in [0.15, 0.2) is 17.3 Å². The SMILES string of the molecule is C/C=N\C=N/Cc1nc(-c2cc(OC)c(OC)c(OC)c2)nc2sc(C#N)c(C)c12. The van der Waals surface area contributed by atoms with Crippen LogP contribution in [0.15, 0.2) is 22.1 Å². The number of ether oxygens (including phenoxy) is 3. The van der Waals surface area contributed by atoms with Gasteiger partial charge in [0.05, 0.1) is 33.6 Å². The van der Waals surface area contributed by atoms with Gasteiger partial charge in [0.2, 0.25) is 5.75 Å². The summed E-state index contributed by atoms with van der Waals surface area (Å²) in [4.78, 5) is 19.1. The molecular formula is C21H21N5O3S.